The van der Waals surface area contributed by atoms with Crippen molar-refractivity contribution in [3.8, 4) is 0 Å². The first-order valence-corrected chi connectivity index (χ1v) is 11.2. The van der Waals surface area contributed by atoms with Crippen molar-refractivity contribution in [1.82, 2.24) is 0 Å². The Kier molecular flexibility index (Phi) is 52.3. The number of benzene rings is 2. The number of hydrogen-bond donors (Lipinski definition) is 0. The summed E-state index contributed by atoms with van der Waals surface area (Å²) in [5.41, 5.74) is 0. The van der Waals surface area contributed by atoms with Crippen LogP contribution < -0.4 is 10.6 Å². The fraction of sp³-hybridized carbons (Fsp3) is 0.0833. The van der Waals surface area contributed by atoms with E-state index in [0.717, 1.165) is 9.52 Å². The van der Waals surface area contributed by atoms with Crippen LogP contribution in [0.4, 0.5) is 0 Å². The minimum absolute atomic E-state index is 0. The number of rotatable bonds is 2. The molecule has 0 aromatic heterocycles. The molecule has 1 radical (unpaired) electrons. The number of hydrogen-bond acceptors (Lipinski definition) is 0. The van der Waals surface area contributed by atoms with Crippen LogP contribution in [0.15, 0.2) is 91.0 Å². The van der Waals surface area contributed by atoms with Gasteiger partial charge < -0.3 is 36.4 Å². The van der Waals surface area contributed by atoms with Gasteiger partial charge in [-0.15, -0.1) is 24.8 Å². The summed E-state index contributed by atoms with van der Waals surface area (Å²) in [5.74, 6) is 0. The molecule has 0 fully saturated rings. The Morgan fingerprint density at radius 2 is 0.931 bits per heavy atom. The molecule has 3 aromatic carbocycles. The average molecular weight is 504 g/mol. The average Bonchev–Trinajstić information content (AvgIpc) is 3.16. The van der Waals surface area contributed by atoms with Crippen molar-refractivity contribution >= 4 is 52.9 Å². The van der Waals surface area contributed by atoms with Crippen LogP contribution in [0.25, 0.3) is 0 Å². The molecule has 0 spiro atoms. The van der Waals surface area contributed by atoms with E-state index in [2.05, 4.69) is 68.3 Å². The zero-order valence-electron chi connectivity index (χ0n) is 18.7. The standard InChI is InChI=1S/C13H12P.C5H5.C2H7Si.4CH3.2ClH.Ti/c1-14(12-8-4-2-5-9-12)13-10-6-3-7-11-13;1-2-4-5-3-1;1-3-2;;;;;;;/h2-11H,1H2;1-5H;3H,1-2H3;4*1H3;2*1H;/q2*-1;;4*-1;;;. The third kappa shape index (κ3) is 22.2. The minimum Gasteiger partial charge on any atom is -0.358 e. The van der Waals surface area contributed by atoms with E-state index in [0.29, 0.717) is 0 Å². The first-order chi connectivity index (χ1) is 10.8. The van der Waals surface area contributed by atoms with Crippen molar-refractivity contribution in [2.24, 2.45) is 0 Å². The largest absolute Gasteiger partial charge is 0.358 e. The maximum absolute atomic E-state index is 4.24. The zero-order valence-corrected chi connectivity index (χ0v) is 24.0. The van der Waals surface area contributed by atoms with Crippen molar-refractivity contribution in [2.45, 2.75) is 13.1 Å². The second kappa shape index (κ2) is 32.4. The van der Waals surface area contributed by atoms with Gasteiger partial charge in [-0.05, 0) is 0 Å². The maximum Gasteiger partial charge on any atom is 0.0213 e. The molecule has 0 N–H and O–H groups in total. The van der Waals surface area contributed by atoms with Gasteiger partial charge in [-0.1, -0.05) is 84.4 Å². The summed E-state index contributed by atoms with van der Waals surface area (Å²) in [5, 5.41) is 2.66. The molecule has 0 aliphatic heterocycles. The summed E-state index contributed by atoms with van der Waals surface area (Å²) >= 11 is 0. The van der Waals surface area contributed by atoms with Crippen molar-refractivity contribution in [3.63, 3.8) is 0 Å². The summed E-state index contributed by atoms with van der Waals surface area (Å²) in [6.07, 6.45) is 0. The van der Waals surface area contributed by atoms with E-state index in [1.54, 1.807) is 0 Å². The smallest absolute Gasteiger partial charge is 0.0213 e. The van der Waals surface area contributed by atoms with E-state index >= 15 is 0 Å². The molecular formula is C24H38Cl2PSiTi-6. The van der Waals surface area contributed by atoms with Crippen LogP contribution >= 0.6 is 32.7 Å². The third-order valence-electron chi connectivity index (χ3n) is 2.69. The molecule has 0 bridgehead atoms. The van der Waals surface area contributed by atoms with Crippen LogP contribution in [0, 0.1) is 36.4 Å². The van der Waals surface area contributed by atoms with Gasteiger partial charge in [0.15, 0.2) is 0 Å². The van der Waals surface area contributed by atoms with Crippen LogP contribution in [-0.2, 0) is 21.7 Å². The molecule has 3 aromatic rings. The second-order valence-electron chi connectivity index (χ2n) is 4.64. The van der Waals surface area contributed by atoms with E-state index in [1.807, 2.05) is 42.5 Å². The van der Waals surface area contributed by atoms with Crippen LogP contribution in [-0.4, -0.2) is 9.52 Å². The van der Waals surface area contributed by atoms with Crippen molar-refractivity contribution in [2.75, 3.05) is 0 Å². The molecule has 0 aliphatic carbocycles. The Labute approximate surface area is 214 Å². The van der Waals surface area contributed by atoms with Crippen LogP contribution in [0.2, 0.25) is 13.1 Å². The van der Waals surface area contributed by atoms with E-state index in [9.17, 15) is 0 Å². The Balaban J connectivity index is -0.0000000566. The van der Waals surface area contributed by atoms with Crippen LogP contribution in [0.1, 0.15) is 0 Å². The molecule has 0 saturated heterocycles. The summed E-state index contributed by atoms with van der Waals surface area (Å²) in [7, 11) is 0.329. The Morgan fingerprint density at radius 3 is 1.14 bits per heavy atom. The fourth-order valence-corrected chi connectivity index (χ4v) is 3.05. The zero-order chi connectivity index (χ0) is 16.0. The van der Waals surface area contributed by atoms with Gasteiger partial charge in [0, 0.05) is 31.2 Å². The van der Waals surface area contributed by atoms with E-state index in [4.69, 9.17) is 0 Å². The van der Waals surface area contributed by atoms with Gasteiger partial charge in [0.25, 0.3) is 0 Å². The molecule has 0 amide bonds. The summed E-state index contributed by atoms with van der Waals surface area (Å²) in [4.78, 5) is 0. The van der Waals surface area contributed by atoms with Crippen molar-refractivity contribution in [3.05, 3.63) is 127 Å². The van der Waals surface area contributed by atoms with E-state index < -0.39 is 7.92 Å². The molecule has 0 nitrogen and oxygen atoms in total. The van der Waals surface area contributed by atoms with Crippen LogP contribution in [0.5, 0.6) is 0 Å². The normalized spacial score (nSPS) is 7.03. The summed E-state index contributed by atoms with van der Waals surface area (Å²) in [6, 6.07) is 30.9. The maximum atomic E-state index is 4.24. The van der Waals surface area contributed by atoms with Crippen molar-refractivity contribution < 1.29 is 21.7 Å². The van der Waals surface area contributed by atoms with Crippen LogP contribution in [0.3, 0.4) is 0 Å². The first-order valence-electron chi connectivity index (χ1n) is 7.41. The molecule has 0 saturated carbocycles. The third-order valence-corrected chi connectivity index (χ3v) is 4.53. The summed E-state index contributed by atoms with van der Waals surface area (Å²) < 4.78 is 0. The molecule has 0 heterocycles. The van der Waals surface area contributed by atoms with Gasteiger partial charge in [0.2, 0.25) is 0 Å². The van der Waals surface area contributed by atoms with E-state index in [1.165, 1.54) is 10.6 Å². The Bertz CT molecular complexity index is 522. The molecule has 167 valence electrons. The van der Waals surface area contributed by atoms with Gasteiger partial charge in [-0.3, -0.25) is 0 Å². The molecule has 5 heteroatoms. The second-order valence-corrected chi connectivity index (χ2v) is 7.68. The molecule has 0 atom stereocenters. The van der Waals surface area contributed by atoms with Gasteiger partial charge in [-0.2, -0.15) is 18.2 Å². The Hall–Kier alpha value is -0.269. The Morgan fingerprint density at radius 1 is 0.655 bits per heavy atom. The minimum atomic E-state index is -0.421. The first kappa shape index (κ1) is 46.8. The molecular weight excluding hydrogens is 466 g/mol. The SMILES string of the molecule is C[SiH]C.Cl.Cl.[CH2-]P(c1ccccc1)c1ccccc1.[CH3-].[CH3-].[CH3-].[CH3-].[Ti].c1cc[cH-]c1. The van der Waals surface area contributed by atoms with E-state index in [-0.39, 0.29) is 76.2 Å². The predicted molar refractivity (Wildman–Crippen MR) is 145 cm³/mol. The van der Waals surface area contributed by atoms with Gasteiger partial charge in [0.1, 0.15) is 0 Å². The molecule has 3 rings (SSSR count). The molecule has 0 unspecified atom stereocenters. The quantitative estimate of drug-likeness (QED) is 0.193. The summed E-state index contributed by atoms with van der Waals surface area (Å²) in [6.45, 7) is 8.66. The monoisotopic (exact) mass is 503 g/mol. The fourth-order valence-electron chi connectivity index (χ4n) is 1.69. The molecule has 0 aliphatic rings. The number of halogens is 2. The van der Waals surface area contributed by atoms with Gasteiger partial charge in [0.05, 0.1) is 0 Å². The predicted octanol–water partition coefficient (Wildman–Crippen LogP) is 7.48. The van der Waals surface area contributed by atoms with Gasteiger partial charge >= 0.3 is 0 Å². The van der Waals surface area contributed by atoms with Crippen molar-refractivity contribution in [1.29, 1.82) is 0 Å². The topological polar surface area (TPSA) is 0 Å². The van der Waals surface area contributed by atoms with Gasteiger partial charge in [-0.25, -0.2) is 20.1 Å². The molecule has 29 heavy (non-hydrogen) atoms.